The van der Waals surface area contributed by atoms with Gasteiger partial charge in [-0.3, -0.25) is 0 Å². The Labute approximate surface area is 103 Å². The normalized spacial score (nSPS) is 16.4. The number of anilines is 2. The van der Waals surface area contributed by atoms with Gasteiger partial charge >= 0.3 is 0 Å². The molecule has 0 saturated carbocycles. The minimum atomic E-state index is -0.0126. The fraction of sp³-hybridized carbons (Fsp3) is 0.692. The fourth-order valence-electron chi connectivity index (χ4n) is 2.01. The first-order chi connectivity index (χ1) is 8.00. The van der Waals surface area contributed by atoms with Crippen LogP contribution in [0.5, 0.6) is 0 Å². The third-order valence-electron chi connectivity index (χ3n) is 3.07. The lowest BCUT2D eigenvalue weighted by Gasteiger charge is -2.22. The van der Waals surface area contributed by atoms with Crippen molar-refractivity contribution in [1.29, 1.82) is 0 Å². The first-order valence-corrected chi connectivity index (χ1v) is 6.33. The summed E-state index contributed by atoms with van der Waals surface area (Å²) < 4.78 is 0. The van der Waals surface area contributed by atoms with E-state index in [0.717, 1.165) is 30.5 Å². The Bertz CT molecular complexity index is 389. The maximum Gasteiger partial charge on any atom is 0.138 e. The summed E-state index contributed by atoms with van der Waals surface area (Å²) in [5, 5.41) is 3.13. The second kappa shape index (κ2) is 4.51. The Morgan fingerprint density at radius 1 is 1.18 bits per heavy atom. The molecular formula is C13H22N4. The highest BCUT2D eigenvalue weighted by Crippen LogP contribution is 2.25. The molecule has 1 aliphatic rings. The van der Waals surface area contributed by atoms with Gasteiger partial charge in [-0.2, -0.15) is 0 Å². The molecule has 0 aromatic carbocycles. The van der Waals surface area contributed by atoms with Gasteiger partial charge in [0.15, 0.2) is 0 Å². The van der Waals surface area contributed by atoms with Crippen LogP contribution in [0.4, 0.5) is 11.6 Å². The number of nitrogens with one attached hydrogen (secondary N) is 1. The Morgan fingerprint density at radius 3 is 2.35 bits per heavy atom. The summed E-state index contributed by atoms with van der Waals surface area (Å²) in [6, 6.07) is 2.04. The van der Waals surface area contributed by atoms with Gasteiger partial charge in [0.2, 0.25) is 0 Å². The molecule has 1 saturated heterocycles. The molecule has 4 heteroatoms. The van der Waals surface area contributed by atoms with Crippen LogP contribution in [0, 0.1) is 0 Å². The summed E-state index contributed by atoms with van der Waals surface area (Å²) >= 11 is 0. The zero-order chi connectivity index (χ0) is 12.5. The van der Waals surface area contributed by atoms with Gasteiger partial charge < -0.3 is 10.2 Å². The predicted molar refractivity (Wildman–Crippen MR) is 71.7 cm³/mol. The van der Waals surface area contributed by atoms with E-state index < -0.39 is 0 Å². The Balaban J connectivity index is 2.38. The molecule has 0 amide bonds. The van der Waals surface area contributed by atoms with Crippen LogP contribution in [0.25, 0.3) is 0 Å². The molecule has 17 heavy (non-hydrogen) atoms. The monoisotopic (exact) mass is 234 g/mol. The summed E-state index contributed by atoms with van der Waals surface area (Å²) in [7, 11) is 1.91. The SMILES string of the molecule is CNc1cc(N2CCCC2)nc(C(C)(C)C)n1. The van der Waals surface area contributed by atoms with E-state index in [1.807, 2.05) is 13.1 Å². The molecule has 1 N–H and O–H groups in total. The Morgan fingerprint density at radius 2 is 1.82 bits per heavy atom. The molecule has 94 valence electrons. The molecule has 0 radical (unpaired) electrons. The van der Waals surface area contributed by atoms with Crippen LogP contribution >= 0.6 is 0 Å². The molecule has 1 aliphatic heterocycles. The van der Waals surface area contributed by atoms with Crippen molar-refractivity contribution in [2.45, 2.75) is 39.0 Å². The zero-order valence-electron chi connectivity index (χ0n) is 11.2. The maximum atomic E-state index is 4.71. The molecule has 1 aromatic rings. The standard InChI is InChI=1S/C13H22N4/c1-13(2,3)12-15-10(14-4)9-11(16-12)17-7-5-6-8-17/h9H,5-8H2,1-4H3,(H,14,15,16). The van der Waals surface area contributed by atoms with Gasteiger partial charge in [-0.15, -0.1) is 0 Å². The molecule has 2 rings (SSSR count). The van der Waals surface area contributed by atoms with Crippen LogP contribution in [0.3, 0.4) is 0 Å². The third kappa shape index (κ3) is 2.68. The van der Waals surface area contributed by atoms with Crippen molar-refractivity contribution in [3.63, 3.8) is 0 Å². The second-order valence-corrected chi connectivity index (χ2v) is 5.63. The van der Waals surface area contributed by atoms with Crippen LogP contribution in [0.15, 0.2) is 6.07 Å². The highest BCUT2D eigenvalue weighted by atomic mass is 15.2. The summed E-state index contributed by atoms with van der Waals surface area (Å²) in [4.78, 5) is 11.6. The molecule has 4 nitrogen and oxygen atoms in total. The van der Waals surface area contributed by atoms with E-state index >= 15 is 0 Å². The topological polar surface area (TPSA) is 41.0 Å². The first-order valence-electron chi connectivity index (χ1n) is 6.33. The number of aromatic nitrogens is 2. The maximum absolute atomic E-state index is 4.71. The smallest absolute Gasteiger partial charge is 0.138 e. The lowest BCUT2D eigenvalue weighted by molar-refractivity contribution is 0.545. The van der Waals surface area contributed by atoms with Gasteiger partial charge in [0.25, 0.3) is 0 Å². The van der Waals surface area contributed by atoms with E-state index in [1.54, 1.807) is 0 Å². The summed E-state index contributed by atoms with van der Waals surface area (Å²) in [6.45, 7) is 8.67. The van der Waals surface area contributed by atoms with Crippen molar-refractivity contribution >= 4 is 11.6 Å². The molecule has 1 aromatic heterocycles. The molecule has 0 aliphatic carbocycles. The van der Waals surface area contributed by atoms with Crippen molar-refractivity contribution in [3.8, 4) is 0 Å². The van der Waals surface area contributed by atoms with Crippen LogP contribution < -0.4 is 10.2 Å². The fourth-order valence-corrected chi connectivity index (χ4v) is 2.01. The van der Waals surface area contributed by atoms with Crippen molar-refractivity contribution in [1.82, 2.24) is 9.97 Å². The average molecular weight is 234 g/mol. The molecule has 0 spiro atoms. The molecule has 0 atom stereocenters. The van der Waals surface area contributed by atoms with Crippen molar-refractivity contribution in [3.05, 3.63) is 11.9 Å². The van der Waals surface area contributed by atoms with Crippen LogP contribution in [0.1, 0.15) is 39.4 Å². The van der Waals surface area contributed by atoms with Gasteiger partial charge in [0.1, 0.15) is 17.5 Å². The summed E-state index contributed by atoms with van der Waals surface area (Å²) in [5.74, 6) is 2.88. The van der Waals surface area contributed by atoms with Crippen LogP contribution in [-0.4, -0.2) is 30.1 Å². The molecule has 0 bridgehead atoms. The van der Waals surface area contributed by atoms with Gasteiger partial charge in [0, 0.05) is 31.6 Å². The van der Waals surface area contributed by atoms with E-state index in [0.29, 0.717) is 0 Å². The van der Waals surface area contributed by atoms with Gasteiger partial charge in [0.05, 0.1) is 0 Å². The highest BCUT2D eigenvalue weighted by molar-refractivity contribution is 5.50. The minimum absolute atomic E-state index is 0.0126. The third-order valence-corrected chi connectivity index (χ3v) is 3.07. The number of hydrogen-bond acceptors (Lipinski definition) is 4. The van der Waals surface area contributed by atoms with E-state index in [9.17, 15) is 0 Å². The Kier molecular flexibility index (Phi) is 3.22. The Hall–Kier alpha value is -1.32. The van der Waals surface area contributed by atoms with Gasteiger partial charge in [-0.1, -0.05) is 20.8 Å². The van der Waals surface area contributed by atoms with Crippen LogP contribution in [-0.2, 0) is 5.41 Å². The number of hydrogen-bond donors (Lipinski definition) is 1. The predicted octanol–water partition coefficient (Wildman–Crippen LogP) is 2.42. The zero-order valence-corrected chi connectivity index (χ0v) is 11.2. The molecule has 0 unspecified atom stereocenters. The average Bonchev–Trinajstić information content (AvgIpc) is 2.80. The molecule has 1 fully saturated rings. The van der Waals surface area contributed by atoms with Crippen molar-refractivity contribution in [2.24, 2.45) is 0 Å². The van der Waals surface area contributed by atoms with Gasteiger partial charge in [-0.05, 0) is 12.8 Å². The summed E-state index contributed by atoms with van der Waals surface area (Å²) in [5.41, 5.74) is -0.0126. The summed E-state index contributed by atoms with van der Waals surface area (Å²) in [6.07, 6.45) is 2.54. The van der Waals surface area contributed by atoms with Crippen molar-refractivity contribution < 1.29 is 0 Å². The lowest BCUT2D eigenvalue weighted by Crippen LogP contribution is -2.23. The van der Waals surface area contributed by atoms with E-state index in [-0.39, 0.29) is 5.41 Å². The number of nitrogens with zero attached hydrogens (tertiary/aromatic N) is 3. The highest BCUT2D eigenvalue weighted by Gasteiger charge is 2.21. The van der Waals surface area contributed by atoms with E-state index in [1.165, 1.54) is 12.8 Å². The minimum Gasteiger partial charge on any atom is -0.373 e. The molecule has 2 heterocycles. The van der Waals surface area contributed by atoms with Gasteiger partial charge in [-0.25, -0.2) is 9.97 Å². The lowest BCUT2D eigenvalue weighted by atomic mass is 9.96. The largest absolute Gasteiger partial charge is 0.373 e. The first kappa shape index (κ1) is 12.1. The number of rotatable bonds is 2. The van der Waals surface area contributed by atoms with E-state index in [2.05, 4.69) is 36.0 Å². The van der Waals surface area contributed by atoms with Crippen LogP contribution in [0.2, 0.25) is 0 Å². The van der Waals surface area contributed by atoms with Crippen molar-refractivity contribution in [2.75, 3.05) is 30.4 Å². The quantitative estimate of drug-likeness (QED) is 0.853. The van der Waals surface area contributed by atoms with E-state index in [4.69, 9.17) is 4.98 Å². The second-order valence-electron chi connectivity index (χ2n) is 5.63. The molecular weight excluding hydrogens is 212 g/mol.